The lowest BCUT2D eigenvalue weighted by Crippen LogP contribution is -2.55. The molecule has 3 heterocycles. The smallest absolute Gasteiger partial charge is 0.419 e. The minimum absolute atomic E-state index is 0.0941. The van der Waals surface area contributed by atoms with E-state index in [9.17, 15) is 18.0 Å². The van der Waals surface area contributed by atoms with Crippen LogP contribution >= 0.6 is 12.2 Å². The number of likely N-dealkylation sites (tertiary alicyclic amines) is 1. The maximum Gasteiger partial charge on any atom is 0.419 e. The monoisotopic (exact) mass is 553 g/mol. The van der Waals surface area contributed by atoms with Crippen molar-refractivity contribution in [1.29, 1.82) is 5.26 Å². The fourth-order valence-corrected chi connectivity index (χ4v) is 7.81. The molecule has 5 fully saturated rings. The Bertz CT molecular complexity index is 1440. The fourth-order valence-electron chi connectivity index (χ4n) is 7.34. The summed E-state index contributed by atoms with van der Waals surface area (Å²) in [7, 11) is 2.23. The summed E-state index contributed by atoms with van der Waals surface area (Å²) in [6, 6.07) is 10.4. The highest BCUT2D eigenvalue weighted by molar-refractivity contribution is 7.81. The molecule has 0 N–H and O–H groups in total. The van der Waals surface area contributed by atoms with Gasteiger partial charge in [-0.15, -0.1) is 0 Å². The standard InChI is InChI=1S/C28H26F3N5O2S/c1-34-23-10-16(9-17-12-27(17,23)34)15-38-20-5-3-18(4-6-20)36-25(39)35(24(37)26(36)7-2-8-26)19-11-21(28(29,30)31)22(13-32)33-14-19/h3-6,11,14,16-17,23H,2,7-10,12,15H2,1H3/t16-,17+,23-,27?,34?/m0/s1. The van der Waals surface area contributed by atoms with Gasteiger partial charge in [0, 0.05) is 17.3 Å². The van der Waals surface area contributed by atoms with Crippen molar-refractivity contribution in [2.24, 2.45) is 11.8 Å². The molecule has 2 saturated heterocycles. The van der Waals surface area contributed by atoms with Gasteiger partial charge in [-0.25, -0.2) is 4.98 Å². The number of amides is 1. The van der Waals surface area contributed by atoms with Crippen molar-refractivity contribution >= 4 is 34.6 Å². The van der Waals surface area contributed by atoms with Gasteiger partial charge in [-0.05, 0) is 100.0 Å². The van der Waals surface area contributed by atoms with Crippen molar-refractivity contribution in [3.8, 4) is 11.8 Å². The lowest BCUT2D eigenvalue weighted by atomic mass is 9.75. The molecule has 0 bridgehead atoms. The molecule has 2 unspecified atom stereocenters. The van der Waals surface area contributed by atoms with Crippen molar-refractivity contribution in [1.82, 2.24) is 9.88 Å². The van der Waals surface area contributed by atoms with Crippen LogP contribution in [-0.2, 0) is 11.0 Å². The van der Waals surface area contributed by atoms with Crippen LogP contribution in [0.15, 0.2) is 36.5 Å². The number of halogens is 3. The third-order valence-electron chi connectivity index (χ3n) is 9.64. The second kappa shape index (κ2) is 8.15. The molecule has 7 rings (SSSR count). The van der Waals surface area contributed by atoms with Crippen LogP contribution < -0.4 is 14.5 Å². The van der Waals surface area contributed by atoms with Gasteiger partial charge in [-0.2, -0.15) is 18.4 Å². The van der Waals surface area contributed by atoms with Crippen molar-refractivity contribution in [3.63, 3.8) is 0 Å². The Balaban J connectivity index is 1.11. The minimum Gasteiger partial charge on any atom is -0.493 e. The highest BCUT2D eigenvalue weighted by Crippen LogP contribution is 2.70. The summed E-state index contributed by atoms with van der Waals surface area (Å²) in [6.45, 7) is 0.668. The van der Waals surface area contributed by atoms with Crippen LogP contribution in [0.1, 0.15) is 49.8 Å². The Morgan fingerprint density at radius 1 is 1.21 bits per heavy atom. The number of benzene rings is 1. The molecule has 1 aromatic heterocycles. The van der Waals surface area contributed by atoms with Crippen molar-refractivity contribution in [3.05, 3.63) is 47.8 Å². The van der Waals surface area contributed by atoms with Crippen molar-refractivity contribution in [2.45, 2.75) is 61.8 Å². The summed E-state index contributed by atoms with van der Waals surface area (Å²) in [5.74, 6) is 1.71. The average Bonchev–Trinajstić information content (AvgIpc) is 3.73. The van der Waals surface area contributed by atoms with Gasteiger partial charge >= 0.3 is 6.18 Å². The van der Waals surface area contributed by atoms with E-state index in [2.05, 4.69) is 16.9 Å². The topological polar surface area (TPSA) is 72.5 Å². The molecule has 2 spiro atoms. The van der Waals surface area contributed by atoms with Crippen LogP contribution in [0.3, 0.4) is 0 Å². The van der Waals surface area contributed by atoms with Gasteiger partial charge in [0.15, 0.2) is 10.8 Å². The summed E-state index contributed by atoms with van der Waals surface area (Å²) in [6.07, 6.45) is 1.89. The second-order valence-electron chi connectivity index (χ2n) is 11.5. The normalized spacial score (nSPS) is 31.9. The summed E-state index contributed by atoms with van der Waals surface area (Å²) < 4.78 is 46.9. The highest BCUT2D eigenvalue weighted by Gasteiger charge is 2.77. The number of rotatable bonds is 5. The fraction of sp³-hybridized carbons (Fsp3) is 0.500. The van der Waals surface area contributed by atoms with Crippen LogP contribution in [-0.4, -0.2) is 51.7 Å². The van der Waals surface area contributed by atoms with E-state index < -0.39 is 23.0 Å². The molecule has 202 valence electrons. The van der Waals surface area contributed by atoms with E-state index in [0.717, 1.165) is 35.3 Å². The minimum atomic E-state index is -4.80. The van der Waals surface area contributed by atoms with Gasteiger partial charge in [0.1, 0.15) is 17.4 Å². The number of thiocarbonyl (C=S) groups is 1. The molecule has 3 saturated carbocycles. The molecule has 11 heteroatoms. The molecule has 7 nitrogen and oxygen atoms in total. The van der Waals surface area contributed by atoms with Gasteiger partial charge in [-0.3, -0.25) is 14.6 Å². The number of aromatic nitrogens is 1. The first-order valence-electron chi connectivity index (χ1n) is 13.2. The number of hydrogen-bond donors (Lipinski definition) is 0. The number of pyridine rings is 1. The van der Waals surface area contributed by atoms with E-state index in [0.29, 0.717) is 42.6 Å². The zero-order valence-corrected chi connectivity index (χ0v) is 22.1. The number of alkyl halides is 3. The number of hydrogen-bond acceptors (Lipinski definition) is 6. The van der Waals surface area contributed by atoms with Crippen LogP contribution in [0, 0.1) is 23.2 Å². The predicted molar refractivity (Wildman–Crippen MR) is 140 cm³/mol. The lowest BCUT2D eigenvalue weighted by Gasteiger charge is -2.43. The SMILES string of the molecule is CN1[C@H]2C[C@@H](COc3ccc(N4C(=S)N(c5cnc(C#N)c(C(F)(F)F)c5)C(=O)C45CCC5)cc3)C[C@@H]3CC321. The summed E-state index contributed by atoms with van der Waals surface area (Å²) >= 11 is 5.68. The summed E-state index contributed by atoms with van der Waals surface area (Å²) in [4.78, 5) is 22.7. The number of nitrogens with zero attached hydrogens (tertiary/aromatic N) is 5. The average molecular weight is 554 g/mol. The molecular weight excluding hydrogens is 527 g/mol. The molecule has 1 amide bonds. The number of ether oxygens (including phenoxy) is 1. The first-order valence-corrected chi connectivity index (χ1v) is 13.6. The summed E-state index contributed by atoms with van der Waals surface area (Å²) in [5, 5.41) is 9.19. The first kappa shape index (κ1) is 24.8. The zero-order valence-electron chi connectivity index (χ0n) is 21.2. The number of anilines is 2. The third kappa shape index (κ3) is 3.47. The number of carbonyl (C=O) groups excluding carboxylic acids is 1. The number of carbonyl (C=O) groups is 1. The van der Waals surface area contributed by atoms with E-state index in [1.54, 1.807) is 4.90 Å². The van der Waals surface area contributed by atoms with Gasteiger partial charge < -0.3 is 9.64 Å². The zero-order chi connectivity index (χ0) is 27.3. The number of nitriles is 1. The molecule has 2 aromatic rings. The molecule has 5 aliphatic rings. The molecule has 3 aliphatic carbocycles. The van der Waals surface area contributed by atoms with Crippen molar-refractivity contribution < 1.29 is 22.7 Å². The van der Waals surface area contributed by atoms with Gasteiger partial charge in [-0.1, -0.05) is 0 Å². The van der Waals surface area contributed by atoms with Crippen LogP contribution in [0.25, 0.3) is 0 Å². The van der Waals surface area contributed by atoms with E-state index in [4.69, 9.17) is 22.2 Å². The Labute approximate surface area is 229 Å². The molecule has 2 aliphatic heterocycles. The Morgan fingerprint density at radius 3 is 2.56 bits per heavy atom. The van der Waals surface area contributed by atoms with E-state index >= 15 is 0 Å². The maximum atomic E-state index is 13.6. The molecule has 0 radical (unpaired) electrons. The lowest BCUT2D eigenvalue weighted by molar-refractivity contribution is -0.138. The largest absolute Gasteiger partial charge is 0.493 e. The van der Waals surface area contributed by atoms with Crippen LogP contribution in [0.2, 0.25) is 0 Å². The third-order valence-corrected chi connectivity index (χ3v) is 10.0. The first-order chi connectivity index (χ1) is 18.6. The molecule has 39 heavy (non-hydrogen) atoms. The second-order valence-corrected chi connectivity index (χ2v) is 11.9. The molecule has 1 aromatic carbocycles. The van der Waals surface area contributed by atoms with E-state index in [1.807, 2.05) is 24.3 Å². The molecule has 5 atom stereocenters. The van der Waals surface area contributed by atoms with Crippen LogP contribution in [0.4, 0.5) is 24.5 Å². The number of likely N-dealkylation sites (N-methyl/N-ethyl adjacent to an activating group) is 1. The maximum absolute atomic E-state index is 13.6. The quantitative estimate of drug-likeness (QED) is 0.386. The van der Waals surface area contributed by atoms with Gasteiger partial charge in [0.25, 0.3) is 5.91 Å². The van der Waals surface area contributed by atoms with E-state index in [1.165, 1.54) is 25.3 Å². The predicted octanol–water partition coefficient (Wildman–Crippen LogP) is 4.89. The Hall–Kier alpha value is -3.23. The van der Waals surface area contributed by atoms with E-state index in [-0.39, 0.29) is 16.7 Å². The summed E-state index contributed by atoms with van der Waals surface area (Å²) in [5.41, 5.74) is -1.78. The molecular formula is C28H26F3N5O2S. The highest BCUT2D eigenvalue weighted by atomic mass is 32.1. The van der Waals surface area contributed by atoms with Crippen LogP contribution in [0.5, 0.6) is 5.75 Å². The Morgan fingerprint density at radius 2 is 1.95 bits per heavy atom. The van der Waals surface area contributed by atoms with Crippen molar-refractivity contribution in [2.75, 3.05) is 23.5 Å². The van der Waals surface area contributed by atoms with Gasteiger partial charge in [0.05, 0.1) is 24.1 Å². The Kier molecular flexibility index (Phi) is 5.18. The van der Waals surface area contributed by atoms with Gasteiger partial charge in [0.2, 0.25) is 0 Å².